The molecule has 1 atom stereocenters. The Hall–Kier alpha value is -4.01. The predicted molar refractivity (Wildman–Crippen MR) is 113 cm³/mol. The average molecular weight is 435 g/mol. The lowest BCUT2D eigenvalue weighted by Crippen LogP contribution is -2.56. The van der Waals surface area contributed by atoms with Gasteiger partial charge in [-0.3, -0.25) is 24.1 Å². The first-order valence-corrected chi connectivity index (χ1v) is 9.94. The zero-order valence-electron chi connectivity index (χ0n) is 17.8. The summed E-state index contributed by atoms with van der Waals surface area (Å²) in [5.41, 5.74) is 1.73. The minimum atomic E-state index is -1.14. The van der Waals surface area contributed by atoms with E-state index in [0.717, 1.165) is 4.90 Å². The second-order valence-corrected chi connectivity index (χ2v) is 7.79. The summed E-state index contributed by atoms with van der Waals surface area (Å²) in [7, 11) is 4.40. The van der Waals surface area contributed by atoms with Gasteiger partial charge in [0.1, 0.15) is 12.6 Å². The molecule has 0 aromatic heterocycles. The number of methoxy groups -OCH3 is 1. The first kappa shape index (κ1) is 21.2. The van der Waals surface area contributed by atoms with Crippen molar-refractivity contribution in [2.75, 3.05) is 32.6 Å². The molecule has 1 unspecified atom stereocenters. The summed E-state index contributed by atoms with van der Waals surface area (Å²) in [6, 6.07) is 9.88. The number of anilines is 1. The first-order valence-electron chi connectivity index (χ1n) is 9.94. The zero-order valence-corrected chi connectivity index (χ0v) is 17.8. The molecule has 0 N–H and O–H groups in total. The van der Waals surface area contributed by atoms with Crippen LogP contribution >= 0.6 is 0 Å². The summed E-state index contributed by atoms with van der Waals surface area (Å²) in [5.74, 6) is -2.54. The second kappa shape index (κ2) is 7.92. The second-order valence-electron chi connectivity index (χ2n) is 7.79. The third-order valence-electron chi connectivity index (χ3n) is 5.69. The van der Waals surface area contributed by atoms with E-state index in [-0.39, 0.29) is 35.6 Å². The lowest BCUT2D eigenvalue weighted by Gasteiger charge is -2.37. The molecule has 9 heteroatoms. The molecule has 4 rings (SSSR count). The first-order chi connectivity index (χ1) is 15.2. The number of carbonyl (C=O) groups excluding carboxylic acids is 5. The average Bonchev–Trinajstić information content (AvgIpc) is 3.04. The summed E-state index contributed by atoms with van der Waals surface area (Å²) in [5, 5.41) is 0. The zero-order chi connectivity index (χ0) is 23.2. The van der Waals surface area contributed by atoms with Crippen LogP contribution in [-0.2, 0) is 20.7 Å². The maximum Gasteiger partial charge on any atom is 0.337 e. The fourth-order valence-electron chi connectivity index (χ4n) is 3.98. The molecule has 0 fully saturated rings. The van der Waals surface area contributed by atoms with E-state index in [2.05, 4.69) is 0 Å². The number of esters is 1. The molecular weight excluding hydrogens is 414 g/mol. The van der Waals surface area contributed by atoms with Gasteiger partial charge in [-0.2, -0.15) is 0 Å². The Labute approximate surface area is 184 Å². The number of ether oxygens (including phenoxy) is 1. The minimum absolute atomic E-state index is 0.0249. The maximum absolute atomic E-state index is 13.5. The number of benzene rings is 2. The Morgan fingerprint density at radius 2 is 1.66 bits per heavy atom. The number of amides is 4. The molecule has 0 saturated heterocycles. The number of carbonyl (C=O) groups is 5. The Balaban J connectivity index is 1.78. The van der Waals surface area contributed by atoms with Crippen LogP contribution in [0.3, 0.4) is 0 Å². The number of likely N-dealkylation sites (N-methyl/N-ethyl adjacent to an activating group) is 1. The van der Waals surface area contributed by atoms with Gasteiger partial charge in [0.2, 0.25) is 5.91 Å². The molecule has 9 nitrogen and oxygen atoms in total. The molecule has 4 amide bonds. The normalized spacial score (nSPS) is 17.2. The van der Waals surface area contributed by atoms with Crippen LogP contribution in [0, 0.1) is 0 Å². The molecule has 2 aromatic rings. The van der Waals surface area contributed by atoms with Crippen LogP contribution in [-0.4, -0.2) is 73.2 Å². The Morgan fingerprint density at radius 3 is 2.22 bits per heavy atom. The van der Waals surface area contributed by atoms with Crippen molar-refractivity contribution in [2.24, 2.45) is 0 Å². The van der Waals surface area contributed by atoms with E-state index in [1.54, 1.807) is 50.5 Å². The Kier molecular flexibility index (Phi) is 5.25. The minimum Gasteiger partial charge on any atom is -0.465 e. The number of fused-ring (bicyclic) bond motifs is 2. The monoisotopic (exact) mass is 435 g/mol. The van der Waals surface area contributed by atoms with Crippen LogP contribution in [0.5, 0.6) is 0 Å². The third kappa shape index (κ3) is 3.31. The number of imide groups is 1. The van der Waals surface area contributed by atoms with Crippen molar-refractivity contribution < 1.29 is 28.7 Å². The topological polar surface area (TPSA) is 104 Å². The van der Waals surface area contributed by atoms with Gasteiger partial charge < -0.3 is 14.5 Å². The number of rotatable bonds is 4. The van der Waals surface area contributed by atoms with Gasteiger partial charge in [0.15, 0.2) is 0 Å². The van der Waals surface area contributed by atoms with Crippen LogP contribution in [0.4, 0.5) is 5.69 Å². The van der Waals surface area contributed by atoms with Gasteiger partial charge >= 0.3 is 5.97 Å². The maximum atomic E-state index is 13.5. The Morgan fingerprint density at radius 1 is 1.03 bits per heavy atom. The molecule has 2 heterocycles. The van der Waals surface area contributed by atoms with Crippen LogP contribution < -0.4 is 4.90 Å². The standard InChI is InChI=1S/C23H21N3O6/c1-24(2)19(27)12-25-17-9-8-13(23(31)32-3)10-14(17)11-18(22(25)30)26-20(28)15-6-4-5-7-16(15)21(26)29/h4-10,18H,11-12H2,1-3H3. The summed E-state index contributed by atoms with van der Waals surface area (Å²) < 4.78 is 4.78. The Bertz CT molecular complexity index is 1140. The van der Waals surface area contributed by atoms with Gasteiger partial charge in [-0.05, 0) is 35.9 Å². The quantitative estimate of drug-likeness (QED) is 0.527. The highest BCUT2D eigenvalue weighted by Crippen LogP contribution is 2.34. The number of hydrogen-bond acceptors (Lipinski definition) is 6. The predicted octanol–water partition coefficient (Wildman–Crippen LogP) is 1.12. The molecule has 0 bridgehead atoms. The molecule has 0 radical (unpaired) electrons. The molecule has 2 aliphatic rings. The van der Waals surface area contributed by atoms with Gasteiger partial charge in [0.25, 0.3) is 17.7 Å². The van der Waals surface area contributed by atoms with Gasteiger partial charge in [0.05, 0.1) is 23.8 Å². The summed E-state index contributed by atoms with van der Waals surface area (Å²) >= 11 is 0. The number of nitrogens with zero attached hydrogens (tertiary/aromatic N) is 3. The van der Waals surface area contributed by atoms with E-state index in [1.807, 2.05) is 0 Å². The van der Waals surface area contributed by atoms with E-state index < -0.39 is 29.7 Å². The highest BCUT2D eigenvalue weighted by molar-refractivity contribution is 6.23. The van der Waals surface area contributed by atoms with Crippen molar-refractivity contribution in [3.8, 4) is 0 Å². The largest absolute Gasteiger partial charge is 0.465 e. The van der Waals surface area contributed by atoms with Crippen LogP contribution in [0.25, 0.3) is 0 Å². The van der Waals surface area contributed by atoms with Gasteiger partial charge in [0, 0.05) is 26.2 Å². The number of hydrogen-bond donors (Lipinski definition) is 0. The lowest BCUT2D eigenvalue weighted by molar-refractivity contribution is -0.130. The van der Waals surface area contributed by atoms with Gasteiger partial charge in [-0.1, -0.05) is 12.1 Å². The highest BCUT2D eigenvalue weighted by atomic mass is 16.5. The molecule has 32 heavy (non-hydrogen) atoms. The molecule has 2 aromatic carbocycles. The molecule has 0 spiro atoms. The molecule has 0 saturated carbocycles. The van der Waals surface area contributed by atoms with Crippen LogP contribution in [0.2, 0.25) is 0 Å². The van der Waals surface area contributed by atoms with Crippen molar-refractivity contribution >= 4 is 35.3 Å². The fraction of sp³-hybridized carbons (Fsp3) is 0.261. The van der Waals surface area contributed by atoms with Crippen molar-refractivity contribution in [1.29, 1.82) is 0 Å². The van der Waals surface area contributed by atoms with Gasteiger partial charge in [-0.25, -0.2) is 4.79 Å². The van der Waals surface area contributed by atoms with Crippen LogP contribution in [0.1, 0.15) is 36.6 Å². The van der Waals surface area contributed by atoms with E-state index in [9.17, 15) is 24.0 Å². The highest BCUT2D eigenvalue weighted by Gasteiger charge is 2.46. The van der Waals surface area contributed by atoms with Crippen molar-refractivity contribution in [1.82, 2.24) is 9.80 Å². The molecular formula is C23H21N3O6. The summed E-state index contributed by atoms with van der Waals surface area (Å²) in [6.07, 6.45) is 0.0249. The smallest absolute Gasteiger partial charge is 0.337 e. The van der Waals surface area contributed by atoms with E-state index in [4.69, 9.17) is 4.74 Å². The van der Waals surface area contributed by atoms with Crippen molar-refractivity contribution in [3.05, 3.63) is 64.7 Å². The fourth-order valence-corrected chi connectivity index (χ4v) is 3.98. The third-order valence-corrected chi connectivity index (χ3v) is 5.69. The van der Waals surface area contributed by atoms with Crippen molar-refractivity contribution in [3.63, 3.8) is 0 Å². The SMILES string of the molecule is COC(=O)c1ccc2c(c1)CC(N1C(=O)c3ccccc3C1=O)C(=O)N2CC(=O)N(C)C. The van der Waals surface area contributed by atoms with E-state index in [1.165, 1.54) is 23.0 Å². The van der Waals surface area contributed by atoms with Gasteiger partial charge in [-0.15, -0.1) is 0 Å². The van der Waals surface area contributed by atoms with Crippen molar-refractivity contribution in [2.45, 2.75) is 12.5 Å². The molecule has 0 aliphatic carbocycles. The summed E-state index contributed by atoms with van der Waals surface area (Å²) in [4.78, 5) is 67.5. The van der Waals surface area contributed by atoms with E-state index in [0.29, 0.717) is 11.3 Å². The lowest BCUT2D eigenvalue weighted by atomic mass is 9.94. The van der Waals surface area contributed by atoms with E-state index >= 15 is 0 Å². The van der Waals surface area contributed by atoms with Crippen LogP contribution in [0.15, 0.2) is 42.5 Å². The molecule has 164 valence electrons. The summed E-state index contributed by atoms with van der Waals surface area (Å²) in [6.45, 7) is -0.268. The molecule has 2 aliphatic heterocycles.